The molecule has 8 nitrogen and oxygen atoms in total. The third-order valence-electron chi connectivity index (χ3n) is 4.27. The minimum Gasteiger partial charge on any atom is -0.480 e. The number of carbonyl (C=O) groups excluding carboxylic acids is 2. The second kappa shape index (κ2) is 5.08. The highest BCUT2D eigenvalue weighted by Crippen LogP contribution is 2.48. The number of carboxylic acid groups (broad SMARTS) is 1. The molecule has 0 unspecified atom stereocenters. The molecule has 120 valence electrons. The standard InChI is InChI=1S/C15H16N4O4/c16-12(17)8-1-3-9(4-2-8)15(10-5-6-10)13(22)19(7-11(20)21)14(23)18-15/h1-4,10H,5-7H2,(H3,16,17)(H,18,23)(H,20,21)/t15-/m1/s1. The first kappa shape index (κ1) is 15.0. The number of hydrogen-bond acceptors (Lipinski definition) is 4. The van der Waals surface area contributed by atoms with Gasteiger partial charge in [0.1, 0.15) is 17.9 Å². The van der Waals surface area contributed by atoms with Crippen molar-refractivity contribution in [1.82, 2.24) is 10.2 Å². The van der Waals surface area contributed by atoms with Gasteiger partial charge in [-0.25, -0.2) is 4.79 Å². The lowest BCUT2D eigenvalue weighted by Crippen LogP contribution is -2.46. The van der Waals surface area contributed by atoms with Gasteiger partial charge in [0.15, 0.2) is 0 Å². The van der Waals surface area contributed by atoms with E-state index in [-0.39, 0.29) is 11.8 Å². The van der Waals surface area contributed by atoms with Crippen LogP contribution in [0.4, 0.5) is 4.79 Å². The highest BCUT2D eigenvalue weighted by Gasteiger charge is 2.60. The van der Waals surface area contributed by atoms with Gasteiger partial charge in [-0.05, 0) is 24.3 Å². The van der Waals surface area contributed by atoms with Gasteiger partial charge in [0.25, 0.3) is 5.91 Å². The number of nitrogens with zero attached hydrogens (tertiary/aromatic N) is 1. The van der Waals surface area contributed by atoms with Gasteiger partial charge in [0.05, 0.1) is 0 Å². The Morgan fingerprint density at radius 3 is 2.43 bits per heavy atom. The topological polar surface area (TPSA) is 137 Å². The zero-order valence-corrected chi connectivity index (χ0v) is 12.2. The highest BCUT2D eigenvalue weighted by molar-refractivity contribution is 6.09. The number of amides is 3. The summed E-state index contributed by atoms with van der Waals surface area (Å²) >= 11 is 0. The van der Waals surface area contributed by atoms with Crippen LogP contribution < -0.4 is 11.1 Å². The van der Waals surface area contributed by atoms with E-state index in [1.54, 1.807) is 24.3 Å². The first-order valence-electron chi connectivity index (χ1n) is 7.17. The molecule has 8 heteroatoms. The van der Waals surface area contributed by atoms with E-state index in [1.165, 1.54) is 0 Å². The molecular formula is C15H16N4O4. The molecule has 1 heterocycles. The van der Waals surface area contributed by atoms with E-state index in [0.29, 0.717) is 11.1 Å². The van der Waals surface area contributed by atoms with Crippen LogP contribution in [0.25, 0.3) is 0 Å². The number of nitrogens with two attached hydrogens (primary N) is 1. The zero-order valence-electron chi connectivity index (χ0n) is 12.2. The fourth-order valence-corrected chi connectivity index (χ4v) is 3.01. The lowest BCUT2D eigenvalue weighted by Gasteiger charge is -2.27. The molecule has 2 fully saturated rings. The molecule has 1 aliphatic heterocycles. The van der Waals surface area contributed by atoms with Gasteiger partial charge in [-0.1, -0.05) is 24.3 Å². The third-order valence-corrected chi connectivity index (χ3v) is 4.27. The molecule has 3 rings (SSSR count). The number of imide groups is 1. The summed E-state index contributed by atoms with van der Waals surface area (Å²) in [5, 5.41) is 19.0. The van der Waals surface area contributed by atoms with Gasteiger partial charge in [-0.15, -0.1) is 0 Å². The average Bonchev–Trinajstić information content (AvgIpc) is 3.31. The molecule has 2 aliphatic rings. The predicted octanol–water partition coefficient (Wildman–Crippen LogP) is 0.212. The summed E-state index contributed by atoms with van der Waals surface area (Å²) in [4.78, 5) is 36.5. The van der Waals surface area contributed by atoms with E-state index in [9.17, 15) is 14.4 Å². The van der Waals surface area contributed by atoms with Crippen molar-refractivity contribution < 1.29 is 19.5 Å². The minimum atomic E-state index is -1.24. The number of nitrogen functional groups attached to an aromatic ring is 1. The number of carboxylic acids is 1. The van der Waals surface area contributed by atoms with Gasteiger partial charge in [0.2, 0.25) is 0 Å². The average molecular weight is 316 g/mol. The monoisotopic (exact) mass is 316 g/mol. The number of urea groups is 1. The van der Waals surface area contributed by atoms with Crippen LogP contribution in [0.5, 0.6) is 0 Å². The largest absolute Gasteiger partial charge is 0.480 e. The van der Waals surface area contributed by atoms with Crippen molar-refractivity contribution in [3.63, 3.8) is 0 Å². The maximum Gasteiger partial charge on any atom is 0.325 e. The lowest BCUT2D eigenvalue weighted by atomic mass is 9.84. The van der Waals surface area contributed by atoms with E-state index in [4.69, 9.17) is 16.2 Å². The molecule has 1 aromatic rings. The summed E-state index contributed by atoms with van der Waals surface area (Å²) in [7, 11) is 0. The van der Waals surface area contributed by atoms with E-state index >= 15 is 0 Å². The van der Waals surface area contributed by atoms with Crippen molar-refractivity contribution in [3.05, 3.63) is 35.4 Å². The SMILES string of the molecule is N=C(N)c1ccc([C@]2(C3CC3)NC(=O)N(CC(=O)O)C2=O)cc1. The lowest BCUT2D eigenvalue weighted by molar-refractivity contribution is -0.143. The summed E-state index contributed by atoms with van der Waals surface area (Å²) < 4.78 is 0. The molecule has 1 aliphatic carbocycles. The smallest absolute Gasteiger partial charge is 0.325 e. The minimum absolute atomic E-state index is 0.0547. The number of nitrogens with one attached hydrogen (secondary N) is 2. The predicted molar refractivity (Wildman–Crippen MR) is 79.7 cm³/mol. The Bertz CT molecular complexity index is 711. The first-order valence-corrected chi connectivity index (χ1v) is 7.17. The number of benzene rings is 1. The Balaban J connectivity index is 2.01. The molecule has 3 amide bonds. The normalized spacial score (nSPS) is 23.7. The number of amidine groups is 1. The van der Waals surface area contributed by atoms with E-state index < -0.39 is 30.0 Å². The van der Waals surface area contributed by atoms with Crippen LogP contribution in [-0.4, -0.2) is 40.3 Å². The fraction of sp³-hybridized carbons (Fsp3) is 0.333. The molecule has 0 radical (unpaired) electrons. The molecule has 1 saturated heterocycles. The maximum absolute atomic E-state index is 12.8. The molecule has 0 spiro atoms. The van der Waals surface area contributed by atoms with Gasteiger partial charge in [0, 0.05) is 5.56 Å². The van der Waals surface area contributed by atoms with Crippen LogP contribution in [0.1, 0.15) is 24.0 Å². The molecule has 0 aromatic heterocycles. The van der Waals surface area contributed by atoms with Gasteiger partial charge in [-0.3, -0.25) is 19.9 Å². The molecule has 23 heavy (non-hydrogen) atoms. The van der Waals surface area contributed by atoms with Crippen molar-refractivity contribution in [3.8, 4) is 0 Å². The van der Waals surface area contributed by atoms with Crippen molar-refractivity contribution in [1.29, 1.82) is 5.41 Å². The molecule has 5 N–H and O–H groups in total. The number of aliphatic carboxylic acids is 1. The van der Waals surface area contributed by atoms with Crippen LogP contribution in [-0.2, 0) is 15.1 Å². The van der Waals surface area contributed by atoms with Crippen LogP contribution in [0, 0.1) is 11.3 Å². The van der Waals surface area contributed by atoms with Crippen molar-refractivity contribution in [2.75, 3.05) is 6.54 Å². The number of rotatable bonds is 5. The fourth-order valence-electron chi connectivity index (χ4n) is 3.01. The van der Waals surface area contributed by atoms with E-state index in [0.717, 1.165) is 17.7 Å². The summed E-state index contributed by atoms with van der Waals surface area (Å²) in [6.45, 7) is -0.662. The van der Waals surface area contributed by atoms with Crippen molar-refractivity contribution in [2.24, 2.45) is 11.7 Å². The summed E-state index contributed by atoms with van der Waals surface area (Å²) in [5.41, 5.74) is 5.29. The second-order valence-corrected chi connectivity index (χ2v) is 5.79. The van der Waals surface area contributed by atoms with Crippen LogP contribution in [0.2, 0.25) is 0 Å². The molecular weight excluding hydrogens is 300 g/mol. The zero-order chi connectivity index (χ0) is 16.8. The Hall–Kier alpha value is -2.90. The molecule has 1 aromatic carbocycles. The Morgan fingerprint density at radius 2 is 1.96 bits per heavy atom. The van der Waals surface area contributed by atoms with E-state index in [1.807, 2.05) is 0 Å². The summed E-state index contributed by atoms with van der Waals surface area (Å²) in [6.07, 6.45) is 1.56. The number of hydrogen-bond donors (Lipinski definition) is 4. The second-order valence-electron chi connectivity index (χ2n) is 5.79. The van der Waals surface area contributed by atoms with Gasteiger partial charge < -0.3 is 16.2 Å². The third kappa shape index (κ3) is 2.32. The van der Waals surface area contributed by atoms with E-state index in [2.05, 4.69) is 5.32 Å². The molecule has 0 bridgehead atoms. The first-order chi connectivity index (χ1) is 10.9. The maximum atomic E-state index is 12.8. The van der Waals surface area contributed by atoms with Crippen molar-refractivity contribution >= 4 is 23.7 Å². The van der Waals surface area contributed by atoms with Gasteiger partial charge >= 0.3 is 12.0 Å². The number of carbonyl (C=O) groups is 3. The Kier molecular flexibility index (Phi) is 3.32. The molecule has 1 atom stereocenters. The summed E-state index contributed by atoms with van der Waals surface area (Å²) in [6, 6.07) is 5.83. The molecule has 1 saturated carbocycles. The highest BCUT2D eigenvalue weighted by atomic mass is 16.4. The van der Waals surface area contributed by atoms with Crippen LogP contribution in [0.15, 0.2) is 24.3 Å². The van der Waals surface area contributed by atoms with Crippen molar-refractivity contribution in [2.45, 2.75) is 18.4 Å². The van der Waals surface area contributed by atoms with Gasteiger partial charge in [-0.2, -0.15) is 0 Å². The Morgan fingerprint density at radius 1 is 1.35 bits per heavy atom. The van der Waals surface area contributed by atoms with Crippen LogP contribution in [0.3, 0.4) is 0 Å². The van der Waals surface area contributed by atoms with Crippen LogP contribution >= 0.6 is 0 Å². The Labute approximate surface area is 131 Å². The summed E-state index contributed by atoms with van der Waals surface area (Å²) in [5.74, 6) is -1.93. The quantitative estimate of drug-likeness (QED) is 0.350.